The third kappa shape index (κ3) is 15.9. The third-order valence-electron chi connectivity index (χ3n) is 1.92. The van der Waals surface area contributed by atoms with Crippen LogP contribution in [0.2, 0.25) is 0 Å². The Kier molecular flexibility index (Phi) is 16.7. The van der Waals surface area contributed by atoms with Crippen LogP contribution in [0.3, 0.4) is 0 Å². The van der Waals surface area contributed by atoms with E-state index in [9.17, 15) is 0 Å². The van der Waals surface area contributed by atoms with Crippen LogP contribution in [0, 0.1) is 6.07 Å². The zero-order valence-electron chi connectivity index (χ0n) is 12.1. The molecular formula is C13H23ClN2OZn. The summed E-state index contributed by atoms with van der Waals surface area (Å²) in [7, 11) is 14.8. The molecule has 0 aromatic heterocycles. The van der Waals surface area contributed by atoms with Crippen molar-refractivity contribution in [2.45, 2.75) is 0 Å². The van der Waals surface area contributed by atoms with Crippen molar-refractivity contribution in [2.75, 3.05) is 48.4 Å². The second-order valence-electron chi connectivity index (χ2n) is 4.05. The van der Waals surface area contributed by atoms with Gasteiger partial charge < -0.3 is 14.5 Å². The quantitative estimate of drug-likeness (QED) is 0.624. The second-order valence-corrected chi connectivity index (χ2v) is 4.05. The molecule has 0 aliphatic rings. The standard InChI is InChI=1S/C7H7O.C6H16N2.ClH.Zn/c1-8-7-5-3-2-4-6-7;1-7(2)5-6-8(3)4;;/h3-6H,1H3;5-6H2,1-4H3;1H;/q-1;;;+2/p-1. The number of likely N-dealkylation sites (N-methyl/N-ethyl adjacent to an activating group) is 2. The maximum atomic E-state index is 4.89. The molecule has 0 saturated heterocycles. The molecule has 0 aliphatic heterocycles. The molecule has 0 fully saturated rings. The molecule has 0 saturated carbocycles. The van der Waals surface area contributed by atoms with Crippen molar-refractivity contribution < 1.29 is 22.0 Å². The van der Waals surface area contributed by atoms with Gasteiger partial charge in [0.2, 0.25) is 0 Å². The zero-order valence-corrected chi connectivity index (χ0v) is 15.8. The summed E-state index contributed by atoms with van der Waals surface area (Å²) in [6.07, 6.45) is 0. The molecule has 0 atom stereocenters. The van der Waals surface area contributed by atoms with E-state index in [1.165, 1.54) is 0 Å². The number of hydrogen-bond donors (Lipinski definition) is 0. The molecule has 18 heavy (non-hydrogen) atoms. The van der Waals surface area contributed by atoms with Crippen molar-refractivity contribution in [2.24, 2.45) is 0 Å². The van der Waals surface area contributed by atoms with Crippen molar-refractivity contribution in [3.63, 3.8) is 0 Å². The zero-order chi connectivity index (χ0) is 14.4. The Morgan fingerprint density at radius 3 is 1.67 bits per heavy atom. The van der Waals surface area contributed by atoms with Gasteiger partial charge in [0.05, 0.1) is 7.11 Å². The Morgan fingerprint density at radius 2 is 1.44 bits per heavy atom. The first-order valence-corrected chi connectivity index (χ1v) is 9.52. The van der Waals surface area contributed by atoms with Crippen LogP contribution in [0.1, 0.15) is 0 Å². The van der Waals surface area contributed by atoms with Gasteiger partial charge in [0, 0.05) is 18.8 Å². The van der Waals surface area contributed by atoms with Crippen LogP contribution < -0.4 is 4.74 Å². The van der Waals surface area contributed by atoms with Crippen LogP contribution in [0.15, 0.2) is 24.3 Å². The van der Waals surface area contributed by atoms with E-state index in [4.69, 9.17) is 14.4 Å². The van der Waals surface area contributed by atoms with E-state index in [-0.39, 0.29) is 0 Å². The molecule has 3 nitrogen and oxygen atoms in total. The van der Waals surface area contributed by atoms with E-state index in [1.807, 2.05) is 24.3 Å². The number of halogens is 1. The summed E-state index contributed by atoms with van der Waals surface area (Å²) >= 11 is 0.847. The first-order chi connectivity index (χ1) is 8.56. The van der Waals surface area contributed by atoms with Gasteiger partial charge in [-0.2, -0.15) is 18.2 Å². The summed E-state index contributed by atoms with van der Waals surface area (Å²) in [5, 5.41) is 0. The van der Waals surface area contributed by atoms with Gasteiger partial charge in [0.1, 0.15) is 0 Å². The van der Waals surface area contributed by atoms with Crippen molar-refractivity contribution >= 4 is 9.69 Å². The number of benzene rings is 1. The van der Waals surface area contributed by atoms with Gasteiger partial charge in [-0.1, -0.05) is 0 Å². The predicted molar refractivity (Wildman–Crippen MR) is 74.8 cm³/mol. The SMILES string of the molecule is CN(C)CCN(C)C.COc1cc[c-]cc1.[Cl][Zn+]. The number of rotatable bonds is 4. The van der Waals surface area contributed by atoms with E-state index in [0.717, 1.165) is 36.2 Å². The molecule has 0 radical (unpaired) electrons. The Hall–Kier alpha value is -0.147. The monoisotopic (exact) mass is 322 g/mol. The van der Waals surface area contributed by atoms with E-state index in [1.54, 1.807) is 7.11 Å². The van der Waals surface area contributed by atoms with Crippen LogP contribution in [0.5, 0.6) is 5.75 Å². The van der Waals surface area contributed by atoms with E-state index in [2.05, 4.69) is 44.1 Å². The molecule has 0 unspecified atom stereocenters. The summed E-state index contributed by atoms with van der Waals surface area (Å²) in [5.41, 5.74) is 0. The van der Waals surface area contributed by atoms with Crippen molar-refractivity contribution in [3.05, 3.63) is 30.3 Å². The normalized spacial score (nSPS) is 9.22. The molecule has 1 aromatic rings. The topological polar surface area (TPSA) is 15.7 Å². The number of hydrogen-bond acceptors (Lipinski definition) is 3. The van der Waals surface area contributed by atoms with Crippen molar-refractivity contribution in [1.29, 1.82) is 0 Å². The number of ether oxygens (including phenoxy) is 1. The van der Waals surface area contributed by atoms with E-state index in [0.29, 0.717) is 0 Å². The number of methoxy groups -OCH3 is 1. The van der Waals surface area contributed by atoms with Crippen LogP contribution in [0.25, 0.3) is 0 Å². The molecule has 100 valence electrons. The Labute approximate surface area is 126 Å². The average molecular weight is 324 g/mol. The van der Waals surface area contributed by atoms with Gasteiger partial charge in [-0.3, -0.25) is 0 Å². The predicted octanol–water partition coefficient (Wildman–Crippen LogP) is 2.29. The first kappa shape index (κ1) is 20.2. The molecule has 0 heterocycles. The van der Waals surface area contributed by atoms with Gasteiger partial charge in [0.15, 0.2) is 0 Å². The van der Waals surface area contributed by atoms with Gasteiger partial charge in [-0.25, -0.2) is 0 Å². The maximum absolute atomic E-state index is 4.89. The molecule has 1 rings (SSSR count). The van der Waals surface area contributed by atoms with Crippen LogP contribution in [0.4, 0.5) is 0 Å². The van der Waals surface area contributed by atoms with Crippen LogP contribution in [-0.4, -0.2) is 58.2 Å². The summed E-state index contributed by atoms with van der Waals surface area (Å²) in [6, 6.07) is 10.2. The fourth-order valence-electron chi connectivity index (χ4n) is 0.908. The number of nitrogens with zero attached hydrogens (tertiary/aromatic N) is 2. The van der Waals surface area contributed by atoms with Crippen LogP contribution in [-0.2, 0) is 17.3 Å². The van der Waals surface area contributed by atoms with Gasteiger partial charge in [-0.05, 0) is 28.2 Å². The van der Waals surface area contributed by atoms with Crippen molar-refractivity contribution in [3.8, 4) is 5.75 Å². The molecule has 0 aliphatic carbocycles. The fraction of sp³-hybridized carbons (Fsp3) is 0.538. The summed E-state index contributed by atoms with van der Waals surface area (Å²) in [4.78, 5) is 4.36. The molecule has 0 amide bonds. The Morgan fingerprint density at radius 1 is 1.06 bits per heavy atom. The minimum absolute atomic E-state index is 0.847. The third-order valence-corrected chi connectivity index (χ3v) is 1.92. The van der Waals surface area contributed by atoms with Gasteiger partial charge in [0.25, 0.3) is 0 Å². The van der Waals surface area contributed by atoms with E-state index >= 15 is 0 Å². The molecule has 0 bridgehead atoms. The molecule has 0 N–H and O–H groups in total. The Balaban J connectivity index is 0. The summed E-state index contributed by atoms with van der Waals surface area (Å²) in [6.45, 7) is 2.29. The first-order valence-electron chi connectivity index (χ1n) is 5.62. The molecule has 5 heteroatoms. The minimum atomic E-state index is 0.847. The summed E-state index contributed by atoms with van der Waals surface area (Å²) < 4.78 is 4.89. The molecule has 1 aromatic carbocycles. The van der Waals surface area contributed by atoms with Crippen molar-refractivity contribution in [1.82, 2.24) is 9.80 Å². The molecular weight excluding hydrogens is 301 g/mol. The van der Waals surface area contributed by atoms with Crippen LogP contribution >= 0.6 is 9.69 Å². The van der Waals surface area contributed by atoms with Gasteiger partial charge in [-0.15, -0.1) is 12.1 Å². The average Bonchev–Trinajstić information content (AvgIpc) is 2.40. The van der Waals surface area contributed by atoms with E-state index < -0.39 is 0 Å². The second kappa shape index (κ2) is 14.9. The molecule has 0 spiro atoms. The fourth-order valence-corrected chi connectivity index (χ4v) is 0.908. The van der Waals surface area contributed by atoms with Gasteiger partial charge >= 0.3 is 27.0 Å². The summed E-state index contributed by atoms with van der Waals surface area (Å²) in [5.74, 6) is 0.878. The Bertz CT molecular complexity index is 250.